The first kappa shape index (κ1) is 27.0. The minimum Gasteiger partial charge on any atom is -0.462 e. The van der Waals surface area contributed by atoms with E-state index in [-0.39, 0.29) is 11.5 Å². The van der Waals surface area contributed by atoms with Crippen molar-refractivity contribution in [2.24, 2.45) is 0 Å². The zero-order chi connectivity index (χ0) is 26.9. The topological polar surface area (TPSA) is 105 Å². The van der Waals surface area contributed by atoms with Gasteiger partial charge in [0.15, 0.2) is 5.13 Å². The van der Waals surface area contributed by atoms with Crippen LogP contribution >= 0.6 is 27.3 Å². The second-order valence-corrected chi connectivity index (χ2v) is 10.4. The van der Waals surface area contributed by atoms with Crippen molar-refractivity contribution in [2.45, 2.75) is 26.2 Å². The van der Waals surface area contributed by atoms with Crippen molar-refractivity contribution < 1.29 is 18.7 Å². The number of hydrogen-bond acceptors (Lipinski definition) is 7. The molecule has 0 atom stereocenters. The van der Waals surface area contributed by atoms with Gasteiger partial charge < -0.3 is 9.15 Å². The molecule has 4 rings (SSSR count). The minimum absolute atomic E-state index is 0.110. The Morgan fingerprint density at radius 2 is 1.89 bits per heavy atom. The van der Waals surface area contributed by atoms with Gasteiger partial charge in [0.2, 0.25) is 0 Å². The molecule has 1 amide bonds. The van der Waals surface area contributed by atoms with Crippen LogP contribution in [0.15, 0.2) is 81.3 Å². The van der Waals surface area contributed by atoms with E-state index in [4.69, 9.17) is 9.15 Å². The number of nitrogens with one attached hydrogen (secondary N) is 1. The molecule has 7 nitrogen and oxygen atoms in total. The van der Waals surface area contributed by atoms with Gasteiger partial charge in [0.05, 0.1) is 12.2 Å². The zero-order valence-corrected chi connectivity index (χ0v) is 23.0. The highest BCUT2D eigenvalue weighted by Crippen LogP contribution is 2.25. The number of anilines is 1. The standard InChI is InChI=1S/C29H24BrN3O4S/c1-2-3-14-36-28(35)21-8-6-20(7-9-21)26-13-12-24(37-26)16-22(17-31)27(34)33-29-32-18-25(38-29)15-19-4-10-23(30)11-5-19/h4-13,16,18H,2-3,14-15H2,1H3,(H,32,33,34). The first-order valence-electron chi connectivity index (χ1n) is 11.9. The normalized spacial score (nSPS) is 11.1. The lowest BCUT2D eigenvalue weighted by Gasteiger charge is -2.04. The highest BCUT2D eigenvalue weighted by Gasteiger charge is 2.14. The molecule has 0 saturated carbocycles. The summed E-state index contributed by atoms with van der Waals surface area (Å²) < 4.78 is 12.1. The number of thiazole rings is 1. The third-order valence-electron chi connectivity index (χ3n) is 5.48. The average molecular weight is 590 g/mol. The number of carbonyl (C=O) groups excluding carboxylic acids is 2. The van der Waals surface area contributed by atoms with E-state index >= 15 is 0 Å². The van der Waals surface area contributed by atoms with Gasteiger partial charge in [-0.05, 0) is 48.4 Å². The summed E-state index contributed by atoms with van der Waals surface area (Å²) in [5.74, 6) is -0.0403. The molecule has 0 unspecified atom stereocenters. The molecule has 0 fully saturated rings. The predicted molar refractivity (Wildman–Crippen MR) is 151 cm³/mol. The van der Waals surface area contributed by atoms with Crippen molar-refractivity contribution in [3.05, 3.63) is 98.7 Å². The molecule has 2 aromatic carbocycles. The monoisotopic (exact) mass is 589 g/mol. The Labute approximate surface area is 232 Å². The van der Waals surface area contributed by atoms with E-state index < -0.39 is 5.91 Å². The van der Waals surface area contributed by atoms with E-state index in [1.54, 1.807) is 42.6 Å². The third-order valence-corrected chi connectivity index (χ3v) is 6.92. The highest BCUT2D eigenvalue weighted by atomic mass is 79.9. The number of unbranched alkanes of at least 4 members (excludes halogenated alkanes) is 1. The maximum absolute atomic E-state index is 12.7. The van der Waals surface area contributed by atoms with Crippen molar-refractivity contribution >= 4 is 50.4 Å². The van der Waals surface area contributed by atoms with Gasteiger partial charge >= 0.3 is 5.97 Å². The summed E-state index contributed by atoms with van der Waals surface area (Å²) in [5.41, 5.74) is 2.23. The number of nitriles is 1. The van der Waals surface area contributed by atoms with Gasteiger partial charge in [-0.25, -0.2) is 9.78 Å². The van der Waals surface area contributed by atoms with Crippen LogP contribution in [-0.2, 0) is 16.0 Å². The predicted octanol–water partition coefficient (Wildman–Crippen LogP) is 7.26. The number of furan rings is 1. The van der Waals surface area contributed by atoms with Gasteiger partial charge in [-0.3, -0.25) is 10.1 Å². The van der Waals surface area contributed by atoms with E-state index in [9.17, 15) is 14.9 Å². The molecule has 2 heterocycles. The van der Waals surface area contributed by atoms with Crippen molar-refractivity contribution in [1.29, 1.82) is 5.26 Å². The molecule has 0 radical (unpaired) electrons. The number of esters is 1. The lowest BCUT2D eigenvalue weighted by molar-refractivity contribution is -0.112. The molecule has 38 heavy (non-hydrogen) atoms. The maximum Gasteiger partial charge on any atom is 0.338 e. The molecular formula is C29H24BrN3O4S. The number of rotatable bonds is 10. The van der Waals surface area contributed by atoms with Crippen molar-refractivity contribution in [2.75, 3.05) is 11.9 Å². The molecule has 0 aliphatic carbocycles. The van der Waals surface area contributed by atoms with Gasteiger partial charge in [0, 0.05) is 33.6 Å². The lowest BCUT2D eigenvalue weighted by atomic mass is 10.1. The Balaban J connectivity index is 1.38. The zero-order valence-electron chi connectivity index (χ0n) is 20.6. The van der Waals surface area contributed by atoms with E-state index in [0.717, 1.165) is 33.3 Å². The summed E-state index contributed by atoms with van der Waals surface area (Å²) >= 11 is 4.78. The molecule has 1 N–H and O–H groups in total. The summed E-state index contributed by atoms with van der Waals surface area (Å²) in [4.78, 5) is 30.0. The van der Waals surface area contributed by atoms with E-state index in [1.165, 1.54) is 17.4 Å². The molecule has 0 aliphatic rings. The fourth-order valence-corrected chi connectivity index (χ4v) is 4.56. The number of carbonyl (C=O) groups is 2. The van der Waals surface area contributed by atoms with Gasteiger partial charge in [-0.15, -0.1) is 11.3 Å². The molecule has 0 spiro atoms. The van der Waals surface area contributed by atoms with Crippen LogP contribution in [0.25, 0.3) is 17.4 Å². The van der Waals surface area contributed by atoms with E-state index in [0.29, 0.717) is 35.2 Å². The smallest absolute Gasteiger partial charge is 0.338 e. The van der Waals surface area contributed by atoms with Crippen LogP contribution in [0.2, 0.25) is 0 Å². The SMILES string of the molecule is CCCCOC(=O)c1ccc(-c2ccc(C=C(C#N)C(=O)Nc3ncc(Cc4ccc(Br)cc4)s3)o2)cc1. The summed E-state index contributed by atoms with van der Waals surface area (Å²) in [7, 11) is 0. The third kappa shape index (κ3) is 7.28. The lowest BCUT2D eigenvalue weighted by Crippen LogP contribution is -2.13. The molecule has 4 aromatic rings. The van der Waals surface area contributed by atoms with E-state index in [2.05, 4.69) is 26.2 Å². The Bertz CT molecular complexity index is 1480. The van der Waals surface area contributed by atoms with Crippen LogP contribution in [0.4, 0.5) is 5.13 Å². The van der Waals surface area contributed by atoms with Crippen molar-refractivity contribution in [3.8, 4) is 17.4 Å². The van der Waals surface area contributed by atoms with Crippen molar-refractivity contribution in [1.82, 2.24) is 4.98 Å². The van der Waals surface area contributed by atoms with Gasteiger partial charge in [0.1, 0.15) is 23.2 Å². The molecule has 2 aromatic heterocycles. The summed E-state index contributed by atoms with van der Waals surface area (Å²) in [5, 5.41) is 12.7. The number of hydrogen-bond donors (Lipinski definition) is 1. The Kier molecular flexibility index (Phi) is 9.25. The molecule has 192 valence electrons. The number of benzene rings is 2. The van der Waals surface area contributed by atoms with E-state index in [1.807, 2.05) is 37.3 Å². The van der Waals surface area contributed by atoms with Crippen molar-refractivity contribution in [3.63, 3.8) is 0 Å². The number of aromatic nitrogens is 1. The first-order valence-corrected chi connectivity index (χ1v) is 13.6. The summed E-state index contributed by atoms with van der Waals surface area (Å²) in [6.45, 7) is 2.43. The van der Waals surface area contributed by atoms with Crippen LogP contribution in [0, 0.1) is 11.3 Å². The van der Waals surface area contributed by atoms with Crippen LogP contribution in [-0.4, -0.2) is 23.5 Å². The number of ether oxygens (including phenoxy) is 1. The fourth-order valence-electron chi connectivity index (χ4n) is 3.45. The maximum atomic E-state index is 12.7. The Morgan fingerprint density at radius 1 is 1.13 bits per heavy atom. The van der Waals surface area contributed by atoms with Crippen LogP contribution in [0.5, 0.6) is 0 Å². The number of halogens is 1. The second-order valence-electron chi connectivity index (χ2n) is 8.33. The van der Waals surface area contributed by atoms with Crippen LogP contribution < -0.4 is 5.32 Å². The summed E-state index contributed by atoms with van der Waals surface area (Å²) in [6, 6.07) is 20.2. The van der Waals surface area contributed by atoms with Crippen LogP contribution in [0.1, 0.15) is 46.3 Å². The highest BCUT2D eigenvalue weighted by molar-refractivity contribution is 9.10. The average Bonchev–Trinajstić information content (AvgIpc) is 3.58. The van der Waals surface area contributed by atoms with Gasteiger partial charge in [0.25, 0.3) is 5.91 Å². The fraction of sp³-hybridized carbons (Fsp3) is 0.172. The molecule has 0 saturated heterocycles. The first-order chi connectivity index (χ1) is 18.4. The largest absolute Gasteiger partial charge is 0.462 e. The van der Waals surface area contributed by atoms with Crippen LogP contribution in [0.3, 0.4) is 0 Å². The van der Waals surface area contributed by atoms with Gasteiger partial charge in [-0.2, -0.15) is 5.26 Å². The number of nitrogens with zero attached hydrogens (tertiary/aromatic N) is 2. The van der Waals surface area contributed by atoms with Gasteiger partial charge in [-0.1, -0.05) is 53.5 Å². The molecular weight excluding hydrogens is 566 g/mol. The quantitative estimate of drug-likeness (QED) is 0.0902. The number of amides is 1. The minimum atomic E-state index is -0.569. The second kappa shape index (κ2) is 13.0. The Hall–Kier alpha value is -4.00. The molecule has 0 bridgehead atoms. The Morgan fingerprint density at radius 3 is 2.61 bits per heavy atom. The molecule has 9 heteroatoms. The molecule has 0 aliphatic heterocycles. The summed E-state index contributed by atoms with van der Waals surface area (Å²) in [6.07, 6.45) is 5.57.